The van der Waals surface area contributed by atoms with E-state index in [4.69, 9.17) is 13.8 Å². The predicted octanol–water partition coefficient (Wildman–Crippen LogP) is 3.81. The van der Waals surface area contributed by atoms with Gasteiger partial charge in [-0.15, -0.1) is 0 Å². The van der Waals surface area contributed by atoms with Gasteiger partial charge in [-0.25, -0.2) is 0 Å². The van der Waals surface area contributed by atoms with E-state index in [1.54, 1.807) is 0 Å². The molecule has 0 fully saturated rings. The first-order chi connectivity index (χ1) is 14.0. The second-order valence-corrected chi connectivity index (χ2v) is 7.51. The van der Waals surface area contributed by atoms with Gasteiger partial charge in [-0.2, -0.15) is 0 Å². The SMILES string of the molecule is Cc1noc(C)c1CN(Cc1c(C)noc1C)C(=O)c1cccc2c1COCC2. The molecule has 0 unspecified atom stereocenters. The number of rotatable bonds is 5. The van der Waals surface area contributed by atoms with E-state index < -0.39 is 0 Å². The molecule has 7 nitrogen and oxygen atoms in total. The predicted molar refractivity (Wildman–Crippen MR) is 105 cm³/mol. The van der Waals surface area contributed by atoms with E-state index in [9.17, 15) is 4.79 Å². The largest absolute Gasteiger partial charge is 0.376 e. The molecule has 7 heteroatoms. The Bertz CT molecular complexity index is 963. The highest BCUT2D eigenvalue weighted by Gasteiger charge is 2.26. The molecule has 0 saturated heterocycles. The van der Waals surface area contributed by atoms with E-state index >= 15 is 0 Å². The van der Waals surface area contributed by atoms with Gasteiger partial charge in [0.15, 0.2) is 0 Å². The lowest BCUT2D eigenvalue weighted by atomic mass is 9.96. The zero-order valence-electron chi connectivity index (χ0n) is 17.2. The maximum Gasteiger partial charge on any atom is 0.254 e. The molecule has 3 heterocycles. The van der Waals surface area contributed by atoms with Crippen LogP contribution in [-0.2, 0) is 30.9 Å². The number of fused-ring (bicyclic) bond motifs is 1. The second-order valence-electron chi connectivity index (χ2n) is 7.51. The lowest BCUT2D eigenvalue weighted by Gasteiger charge is -2.26. The third-order valence-electron chi connectivity index (χ3n) is 5.61. The number of aromatic nitrogens is 2. The quantitative estimate of drug-likeness (QED) is 0.653. The van der Waals surface area contributed by atoms with Crippen LogP contribution in [0.5, 0.6) is 0 Å². The van der Waals surface area contributed by atoms with Crippen LogP contribution in [0.25, 0.3) is 0 Å². The second kappa shape index (κ2) is 7.83. The van der Waals surface area contributed by atoms with E-state index in [2.05, 4.69) is 16.4 Å². The lowest BCUT2D eigenvalue weighted by Crippen LogP contribution is -2.32. The van der Waals surface area contributed by atoms with Crippen molar-refractivity contribution in [2.75, 3.05) is 6.61 Å². The fraction of sp³-hybridized carbons (Fsp3) is 0.409. The number of benzene rings is 1. The van der Waals surface area contributed by atoms with Crippen LogP contribution in [0.15, 0.2) is 27.2 Å². The standard InChI is InChI=1S/C22H25N3O4/c1-13-19(15(3)28-23-13)10-25(11-20-14(2)24-29-16(20)4)22(26)18-7-5-6-17-8-9-27-12-21(17)18/h5-7H,8-12H2,1-4H3. The van der Waals surface area contributed by atoms with Gasteiger partial charge in [0, 0.05) is 16.7 Å². The number of nitrogens with zero attached hydrogens (tertiary/aromatic N) is 3. The van der Waals surface area contributed by atoms with Crippen LogP contribution in [0.3, 0.4) is 0 Å². The Morgan fingerprint density at radius 2 is 1.62 bits per heavy atom. The molecule has 0 atom stereocenters. The Labute approximate surface area is 169 Å². The molecular weight excluding hydrogens is 370 g/mol. The highest BCUT2D eigenvalue weighted by Crippen LogP contribution is 2.26. The van der Waals surface area contributed by atoms with Crippen LogP contribution >= 0.6 is 0 Å². The molecule has 0 N–H and O–H groups in total. The summed E-state index contributed by atoms with van der Waals surface area (Å²) in [6, 6.07) is 5.90. The van der Waals surface area contributed by atoms with Crippen molar-refractivity contribution in [2.24, 2.45) is 0 Å². The van der Waals surface area contributed by atoms with Crippen molar-refractivity contribution in [3.63, 3.8) is 0 Å². The van der Waals surface area contributed by atoms with E-state index in [1.165, 1.54) is 5.56 Å². The van der Waals surface area contributed by atoms with Crippen molar-refractivity contribution in [3.8, 4) is 0 Å². The van der Waals surface area contributed by atoms with Gasteiger partial charge in [0.25, 0.3) is 5.91 Å². The van der Waals surface area contributed by atoms with E-state index in [-0.39, 0.29) is 5.91 Å². The normalized spacial score (nSPS) is 13.4. The van der Waals surface area contributed by atoms with Crippen molar-refractivity contribution in [1.82, 2.24) is 15.2 Å². The first kappa shape index (κ1) is 19.4. The molecule has 1 aromatic carbocycles. The van der Waals surface area contributed by atoms with Crippen LogP contribution in [0, 0.1) is 27.7 Å². The summed E-state index contributed by atoms with van der Waals surface area (Å²) in [5.74, 6) is 1.39. The Hall–Kier alpha value is -2.93. The molecule has 0 aliphatic carbocycles. The highest BCUT2D eigenvalue weighted by molar-refractivity contribution is 5.96. The summed E-state index contributed by atoms with van der Waals surface area (Å²) in [5, 5.41) is 8.08. The highest BCUT2D eigenvalue weighted by atomic mass is 16.5. The molecule has 152 valence electrons. The molecule has 4 rings (SSSR count). The van der Waals surface area contributed by atoms with Gasteiger partial charge in [0.2, 0.25) is 0 Å². The van der Waals surface area contributed by atoms with Gasteiger partial charge in [0.1, 0.15) is 11.5 Å². The number of aryl methyl sites for hydroxylation is 4. The summed E-state index contributed by atoms with van der Waals surface area (Å²) in [6.07, 6.45) is 0.824. The topological polar surface area (TPSA) is 81.6 Å². The Balaban J connectivity index is 1.73. The average Bonchev–Trinajstić information content (AvgIpc) is 3.22. The zero-order chi connectivity index (χ0) is 20.5. The Morgan fingerprint density at radius 1 is 1.00 bits per heavy atom. The van der Waals surface area contributed by atoms with Crippen LogP contribution in [0.2, 0.25) is 0 Å². The molecule has 0 saturated carbocycles. The zero-order valence-corrected chi connectivity index (χ0v) is 17.2. The molecule has 0 radical (unpaired) electrons. The monoisotopic (exact) mass is 395 g/mol. The number of amides is 1. The van der Waals surface area contributed by atoms with Gasteiger partial charge in [-0.1, -0.05) is 22.4 Å². The fourth-order valence-corrected chi connectivity index (χ4v) is 3.80. The first-order valence-corrected chi connectivity index (χ1v) is 9.77. The number of carbonyl (C=O) groups is 1. The van der Waals surface area contributed by atoms with Gasteiger partial charge in [-0.3, -0.25) is 4.79 Å². The van der Waals surface area contributed by atoms with Crippen molar-refractivity contribution < 1.29 is 18.6 Å². The molecule has 1 amide bonds. The molecule has 29 heavy (non-hydrogen) atoms. The number of ether oxygens (including phenoxy) is 1. The minimum atomic E-state index is -0.0487. The van der Waals surface area contributed by atoms with Crippen LogP contribution in [0.1, 0.15) is 55.5 Å². The minimum Gasteiger partial charge on any atom is -0.376 e. The van der Waals surface area contributed by atoms with Crippen molar-refractivity contribution >= 4 is 5.91 Å². The Morgan fingerprint density at radius 3 is 2.17 bits per heavy atom. The number of hydrogen-bond acceptors (Lipinski definition) is 6. The molecular formula is C22H25N3O4. The third-order valence-corrected chi connectivity index (χ3v) is 5.61. The van der Waals surface area contributed by atoms with Crippen molar-refractivity contribution in [2.45, 2.75) is 53.8 Å². The van der Waals surface area contributed by atoms with E-state index in [0.717, 1.165) is 46.0 Å². The Kier molecular flexibility index (Phi) is 5.24. The van der Waals surface area contributed by atoms with Crippen LogP contribution < -0.4 is 0 Å². The molecule has 0 bridgehead atoms. The lowest BCUT2D eigenvalue weighted by molar-refractivity contribution is 0.0713. The van der Waals surface area contributed by atoms with Crippen LogP contribution in [-0.4, -0.2) is 27.7 Å². The maximum absolute atomic E-state index is 13.7. The fourth-order valence-electron chi connectivity index (χ4n) is 3.80. The van der Waals surface area contributed by atoms with E-state index in [0.29, 0.717) is 31.9 Å². The third kappa shape index (κ3) is 3.70. The number of carbonyl (C=O) groups excluding carboxylic acids is 1. The first-order valence-electron chi connectivity index (χ1n) is 9.77. The van der Waals surface area contributed by atoms with Gasteiger partial charge < -0.3 is 18.7 Å². The number of hydrogen-bond donors (Lipinski definition) is 0. The summed E-state index contributed by atoms with van der Waals surface area (Å²) >= 11 is 0. The molecule has 1 aliphatic rings. The average molecular weight is 395 g/mol. The van der Waals surface area contributed by atoms with Gasteiger partial charge in [-0.05, 0) is 51.3 Å². The summed E-state index contributed by atoms with van der Waals surface area (Å²) in [7, 11) is 0. The summed E-state index contributed by atoms with van der Waals surface area (Å²) in [4.78, 5) is 15.5. The van der Waals surface area contributed by atoms with E-state index in [1.807, 2.05) is 44.7 Å². The summed E-state index contributed by atoms with van der Waals surface area (Å²) in [6.45, 7) is 9.46. The summed E-state index contributed by atoms with van der Waals surface area (Å²) < 4.78 is 16.3. The summed E-state index contributed by atoms with van der Waals surface area (Å²) in [5.41, 5.74) is 6.26. The van der Waals surface area contributed by atoms with Gasteiger partial charge >= 0.3 is 0 Å². The van der Waals surface area contributed by atoms with Crippen molar-refractivity contribution in [3.05, 3.63) is 68.9 Å². The molecule has 3 aromatic rings. The molecule has 2 aromatic heterocycles. The minimum absolute atomic E-state index is 0.0487. The molecule has 1 aliphatic heterocycles. The smallest absolute Gasteiger partial charge is 0.254 e. The maximum atomic E-state index is 13.7. The van der Waals surface area contributed by atoms with Gasteiger partial charge in [0.05, 0.1) is 37.7 Å². The van der Waals surface area contributed by atoms with Crippen LogP contribution in [0.4, 0.5) is 0 Å². The molecule has 0 spiro atoms. The van der Waals surface area contributed by atoms with Crippen molar-refractivity contribution in [1.29, 1.82) is 0 Å².